The molecule has 0 aromatic carbocycles. The van der Waals surface area contributed by atoms with Crippen molar-refractivity contribution in [1.29, 1.82) is 0 Å². The Labute approximate surface area is 185 Å². The molecule has 0 fully saturated rings. The normalized spacial score (nSPS) is 11.9. The Hall–Kier alpha value is -0.660. The largest absolute Gasteiger partial charge is 0.386 e. The molecule has 0 unspecified atom stereocenters. The molecule has 174 valence electrons. The monoisotopic (exact) mass is 408 g/mol. The summed E-state index contributed by atoms with van der Waals surface area (Å²) in [6.07, 6.45) is 30.1. The average Bonchev–Trinajstić information content (AvgIpc) is 2.74. The molecule has 0 radical (unpaired) electrons. The van der Waals surface area contributed by atoms with Crippen LogP contribution in [-0.4, -0.2) is 18.0 Å². The van der Waals surface area contributed by atoms with Gasteiger partial charge in [-0.2, -0.15) is 0 Å². The van der Waals surface area contributed by atoms with Gasteiger partial charge in [-0.25, -0.2) is 0 Å². The molecule has 0 atom stereocenters. The molecule has 0 saturated carbocycles. The van der Waals surface area contributed by atoms with Gasteiger partial charge in [-0.05, 0) is 25.8 Å². The molecule has 0 spiro atoms. The van der Waals surface area contributed by atoms with E-state index in [1.807, 2.05) is 0 Å². The summed E-state index contributed by atoms with van der Waals surface area (Å²) in [5.41, 5.74) is 6.24. The summed E-state index contributed by atoms with van der Waals surface area (Å²) in [7, 11) is 0. The van der Waals surface area contributed by atoms with Gasteiger partial charge in [0.15, 0.2) is 0 Å². The Morgan fingerprint density at radius 1 is 0.517 bits per heavy atom. The van der Waals surface area contributed by atoms with E-state index >= 15 is 0 Å². The lowest BCUT2D eigenvalue weighted by atomic mass is 10.1. The molecule has 0 amide bonds. The fourth-order valence-corrected chi connectivity index (χ4v) is 4.13. The number of rotatable bonds is 23. The lowest BCUT2D eigenvalue weighted by molar-refractivity contribution is 0.318. The standard InChI is InChI=1S/C27H56N2/c1-4-7-9-11-13-15-17-19-21-23-25-29(27(28)6-3)26-24-22-20-18-16-14-12-10-8-5-2/h6H,4-5,7-26,28H2,1-3H3. The Kier molecular flexibility index (Phi) is 23.1. The lowest BCUT2D eigenvalue weighted by Crippen LogP contribution is -2.29. The molecule has 0 heterocycles. The van der Waals surface area contributed by atoms with Crippen LogP contribution in [0.25, 0.3) is 0 Å². The van der Waals surface area contributed by atoms with Crippen molar-refractivity contribution in [2.75, 3.05) is 13.1 Å². The highest BCUT2D eigenvalue weighted by molar-refractivity contribution is 4.93. The second-order valence-electron chi connectivity index (χ2n) is 9.06. The minimum atomic E-state index is 0.983. The van der Waals surface area contributed by atoms with Crippen LogP contribution in [0.5, 0.6) is 0 Å². The lowest BCUT2D eigenvalue weighted by Gasteiger charge is -2.25. The van der Waals surface area contributed by atoms with Gasteiger partial charge < -0.3 is 10.6 Å². The molecule has 0 aromatic rings. The minimum absolute atomic E-state index is 0.983. The molecule has 0 aromatic heterocycles. The third-order valence-electron chi connectivity index (χ3n) is 6.22. The second-order valence-corrected chi connectivity index (χ2v) is 9.06. The highest BCUT2D eigenvalue weighted by Crippen LogP contribution is 2.13. The van der Waals surface area contributed by atoms with Crippen LogP contribution in [0.2, 0.25) is 0 Å². The second kappa shape index (κ2) is 23.6. The van der Waals surface area contributed by atoms with E-state index in [0.717, 1.165) is 18.9 Å². The number of nitrogens with zero attached hydrogens (tertiary/aromatic N) is 1. The number of nitrogens with two attached hydrogens (primary N) is 1. The SMILES string of the molecule is CC=C(N)N(CCCCCCCCCCCC)CCCCCCCCCCCC. The van der Waals surface area contributed by atoms with E-state index in [4.69, 9.17) is 5.73 Å². The van der Waals surface area contributed by atoms with Crippen molar-refractivity contribution in [3.63, 3.8) is 0 Å². The number of allylic oxidation sites excluding steroid dienone is 1. The Morgan fingerprint density at radius 2 is 0.793 bits per heavy atom. The predicted octanol–water partition coefficient (Wildman–Crippen LogP) is 8.95. The highest BCUT2D eigenvalue weighted by atomic mass is 15.2. The van der Waals surface area contributed by atoms with Crippen molar-refractivity contribution in [2.24, 2.45) is 5.73 Å². The van der Waals surface area contributed by atoms with Crippen molar-refractivity contribution in [1.82, 2.24) is 4.90 Å². The van der Waals surface area contributed by atoms with Gasteiger partial charge in [-0.3, -0.25) is 0 Å². The summed E-state index contributed by atoms with van der Waals surface area (Å²) in [5, 5.41) is 0. The summed E-state index contributed by atoms with van der Waals surface area (Å²) in [6, 6.07) is 0. The third kappa shape index (κ3) is 20.4. The van der Waals surface area contributed by atoms with Crippen LogP contribution in [0.3, 0.4) is 0 Å². The van der Waals surface area contributed by atoms with Crippen molar-refractivity contribution in [3.8, 4) is 0 Å². The van der Waals surface area contributed by atoms with Crippen LogP contribution in [0.1, 0.15) is 149 Å². The first-order valence-electron chi connectivity index (χ1n) is 13.4. The zero-order chi connectivity index (χ0) is 21.4. The summed E-state index contributed by atoms with van der Waals surface area (Å²) < 4.78 is 0. The fourth-order valence-electron chi connectivity index (χ4n) is 4.13. The van der Waals surface area contributed by atoms with Gasteiger partial charge in [-0.1, -0.05) is 129 Å². The summed E-state index contributed by atoms with van der Waals surface area (Å²) >= 11 is 0. The molecule has 2 N–H and O–H groups in total. The van der Waals surface area contributed by atoms with Gasteiger partial charge in [0.25, 0.3) is 0 Å². The van der Waals surface area contributed by atoms with Crippen LogP contribution in [0, 0.1) is 0 Å². The quantitative estimate of drug-likeness (QED) is 0.171. The minimum Gasteiger partial charge on any atom is -0.386 e. The van der Waals surface area contributed by atoms with E-state index in [1.54, 1.807) is 0 Å². The van der Waals surface area contributed by atoms with Crippen molar-refractivity contribution in [3.05, 3.63) is 11.9 Å². The summed E-state index contributed by atoms with van der Waals surface area (Å²) in [4.78, 5) is 2.43. The first kappa shape index (κ1) is 28.3. The van der Waals surface area contributed by atoms with Gasteiger partial charge in [-0.15, -0.1) is 0 Å². The Morgan fingerprint density at radius 3 is 1.07 bits per heavy atom. The molecule has 0 aliphatic heterocycles. The van der Waals surface area contributed by atoms with E-state index in [9.17, 15) is 0 Å². The van der Waals surface area contributed by atoms with Crippen molar-refractivity contribution in [2.45, 2.75) is 149 Å². The smallest absolute Gasteiger partial charge is 0.0942 e. The number of hydrogen-bond donors (Lipinski definition) is 1. The molecule has 0 rings (SSSR count). The van der Waals surface area contributed by atoms with E-state index in [-0.39, 0.29) is 0 Å². The first-order valence-corrected chi connectivity index (χ1v) is 13.4. The molecule has 29 heavy (non-hydrogen) atoms. The maximum absolute atomic E-state index is 6.24. The molecule has 0 bridgehead atoms. The molecule has 2 heteroatoms. The topological polar surface area (TPSA) is 29.3 Å². The molecule has 0 saturated heterocycles. The van der Waals surface area contributed by atoms with E-state index in [1.165, 1.54) is 128 Å². The zero-order valence-electron chi connectivity index (χ0n) is 20.7. The molecule has 2 nitrogen and oxygen atoms in total. The van der Waals surface area contributed by atoms with Crippen molar-refractivity contribution < 1.29 is 0 Å². The Bertz CT molecular complexity index is 313. The predicted molar refractivity (Wildman–Crippen MR) is 133 cm³/mol. The molecular weight excluding hydrogens is 352 g/mol. The van der Waals surface area contributed by atoms with Gasteiger partial charge in [0, 0.05) is 13.1 Å². The van der Waals surface area contributed by atoms with E-state index in [2.05, 4.69) is 31.7 Å². The maximum atomic E-state index is 6.24. The Balaban J connectivity index is 3.60. The number of hydrogen-bond acceptors (Lipinski definition) is 2. The number of unbranched alkanes of at least 4 members (excludes halogenated alkanes) is 18. The van der Waals surface area contributed by atoms with Crippen LogP contribution in [-0.2, 0) is 0 Å². The average molecular weight is 409 g/mol. The van der Waals surface area contributed by atoms with Gasteiger partial charge >= 0.3 is 0 Å². The van der Waals surface area contributed by atoms with Crippen LogP contribution in [0.15, 0.2) is 11.9 Å². The molecular formula is C27H56N2. The summed E-state index contributed by atoms with van der Waals surface area (Å²) in [6.45, 7) is 8.94. The fraction of sp³-hybridized carbons (Fsp3) is 0.926. The van der Waals surface area contributed by atoms with Crippen LogP contribution in [0.4, 0.5) is 0 Å². The van der Waals surface area contributed by atoms with Gasteiger partial charge in [0.1, 0.15) is 0 Å². The molecule has 0 aliphatic rings. The van der Waals surface area contributed by atoms with Crippen LogP contribution >= 0.6 is 0 Å². The molecule has 0 aliphatic carbocycles. The van der Waals surface area contributed by atoms with E-state index < -0.39 is 0 Å². The van der Waals surface area contributed by atoms with Gasteiger partial charge in [0.05, 0.1) is 5.82 Å². The maximum Gasteiger partial charge on any atom is 0.0942 e. The zero-order valence-corrected chi connectivity index (χ0v) is 20.7. The highest BCUT2D eigenvalue weighted by Gasteiger charge is 2.05. The van der Waals surface area contributed by atoms with Gasteiger partial charge in [0.2, 0.25) is 0 Å². The third-order valence-corrected chi connectivity index (χ3v) is 6.22. The summed E-state index contributed by atoms with van der Waals surface area (Å²) in [5.74, 6) is 0.983. The van der Waals surface area contributed by atoms with Crippen LogP contribution < -0.4 is 5.73 Å². The first-order chi connectivity index (χ1) is 14.3. The van der Waals surface area contributed by atoms with E-state index in [0.29, 0.717) is 0 Å². The van der Waals surface area contributed by atoms with Crippen molar-refractivity contribution >= 4 is 0 Å².